The smallest absolute Gasteiger partial charge is 0.249 e. The summed E-state index contributed by atoms with van der Waals surface area (Å²) < 4.78 is 0. The van der Waals surface area contributed by atoms with E-state index in [9.17, 15) is 25.2 Å². The topological polar surface area (TPSA) is 110 Å². The van der Waals surface area contributed by atoms with Crippen LogP contribution in [0, 0.1) is 11.8 Å². The molecule has 6 heteroatoms. The number of nitrogens with one attached hydrogen (secondary N) is 1. The van der Waals surface area contributed by atoms with Crippen LogP contribution in [0.4, 0.5) is 0 Å². The lowest BCUT2D eigenvalue weighted by atomic mass is 9.99. The average Bonchev–Trinajstić information content (AvgIpc) is 3.87. The molecule has 6 nitrogen and oxygen atoms in total. The van der Waals surface area contributed by atoms with Crippen molar-refractivity contribution in [2.75, 3.05) is 6.61 Å². The predicted molar refractivity (Wildman–Crippen MR) is 208 cm³/mol. The molecule has 5 N–H and O–H groups in total. The van der Waals surface area contributed by atoms with Gasteiger partial charge in [-0.3, -0.25) is 4.79 Å². The van der Waals surface area contributed by atoms with Gasteiger partial charge in [-0.1, -0.05) is 206 Å². The van der Waals surface area contributed by atoms with Gasteiger partial charge in [0.05, 0.1) is 18.8 Å². The third-order valence-electron chi connectivity index (χ3n) is 11.3. The molecule has 1 amide bonds. The van der Waals surface area contributed by atoms with Gasteiger partial charge in [-0.25, -0.2) is 0 Å². The van der Waals surface area contributed by atoms with E-state index in [2.05, 4.69) is 19.2 Å². The van der Waals surface area contributed by atoms with Crippen LogP contribution in [0.5, 0.6) is 0 Å². The van der Waals surface area contributed by atoms with Crippen LogP contribution in [0.3, 0.4) is 0 Å². The molecule has 0 saturated heterocycles. The van der Waals surface area contributed by atoms with Crippen molar-refractivity contribution in [1.29, 1.82) is 0 Å². The molecule has 1 fully saturated rings. The van der Waals surface area contributed by atoms with Gasteiger partial charge < -0.3 is 25.7 Å². The molecular weight excluding hydrogens is 610 g/mol. The van der Waals surface area contributed by atoms with Crippen LogP contribution in [0.25, 0.3) is 0 Å². The van der Waals surface area contributed by atoms with Gasteiger partial charge in [0.15, 0.2) is 0 Å². The lowest BCUT2D eigenvalue weighted by molar-refractivity contribution is -0.132. The second-order valence-electron chi connectivity index (χ2n) is 16.0. The standard InChI is InChI=1S/C43H85NO5/c1-3-5-7-8-9-10-11-12-13-14-15-16-17-18-19-20-21-22-26-29-33-40(46)42(48)39(36-45)44-43(49)41(47)34-30-27-24-23-25-28-32-38-35-37(38)31-6-4-2/h37-42,45-48H,3-36H2,1-2H3,(H,44,49)/t37-,38-,39-,40+,41+,42-/m0/s1. The van der Waals surface area contributed by atoms with E-state index in [-0.39, 0.29) is 0 Å². The molecular formula is C43H85NO5. The van der Waals surface area contributed by atoms with Crippen molar-refractivity contribution in [1.82, 2.24) is 5.32 Å². The number of carbonyl (C=O) groups excluding carboxylic acids is 1. The normalized spacial score (nSPS) is 18.3. The van der Waals surface area contributed by atoms with Crippen molar-refractivity contribution in [2.24, 2.45) is 11.8 Å². The maximum atomic E-state index is 12.5. The van der Waals surface area contributed by atoms with Gasteiger partial charge in [0.25, 0.3) is 0 Å². The summed E-state index contributed by atoms with van der Waals surface area (Å²) in [5.74, 6) is 1.42. The fourth-order valence-corrected chi connectivity index (χ4v) is 7.63. The first-order chi connectivity index (χ1) is 23.9. The monoisotopic (exact) mass is 696 g/mol. The molecule has 49 heavy (non-hydrogen) atoms. The van der Waals surface area contributed by atoms with Crippen LogP contribution < -0.4 is 5.32 Å². The minimum atomic E-state index is -1.25. The molecule has 0 spiro atoms. The number of hydrogen-bond donors (Lipinski definition) is 5. The molecule has 0 bridgehead atoms. The SMILES string of the molecule is CCCCCCCCCCCCCCCCCCCCCC[C@@H](O)[C@@H](O)[C@H](CO)NC(=O)[C@H](O)CCCCCCCC[C@H]1C[C@@H]1CCCC. The van der Waals surface area contributed by atoms with Gasteiger partial charge in [-0.15, -0.1) is 0 Å². The van der Waals surface area contributed by atoms with Crippen molar-refractivity contribution in [3.8, 4) is 0 Å². The minimum absolute atomic E-state index is 0.378. The van der Waals surface area contributed by atoms with Crippen molar-refractivity contribution >= 4 is 5.91 Å². The number of amides is 1. The molecule has 292 valence electrons. The van der Waals surface area contributed by atoms with Crippen LogP contribution in [0.2, 0.25) is 0 Å². The van der Waals surface area contributed by atoms with Gasteiger partial charge in [0.2, 0.25) is 5.91 Å². The van der Waals surface area contributed by atoms with Gasteiger partial charge >= 0.3 is 0 Å². The van der Waals surface area contributed by atoms with E-state index in [1.807, 2.05) is 0 Å². The van der Waals surface area contributed by atoms with Crippen molar-refractivity contribution in [3.05, 3.63) is 0 Å². The molecule has 1 aliphatic rings. The third-order valence-corrected chi connectivity index (χ3v) is 11.3. The number of hydrogen-bond acceptors (Lipinski definition) is 5. The summed E-state index contributed by atoms with van der Waals surface area (Å²) in [6.07, 6.45) is 37.4. The van der Waals surface area contributed by atoms with Crippen LogP contribution in [0.15, 0.2) is 0 Å². The van der Waals surface area contributed by atoms with E-state index in [1.165, 1.54) is 161 Å². The summed E-state index contributed by atoms with van der Waals surface area (Å²) in [5.41, 5.74) is 0. The first kappa shape index (κ1) is 46.3. The highest BCUT2D eigenvalue weighted by molar-refractivity contribution is 5.80. The zero-order valence-electron chi connectivity index (χ0n) is 32.7. The Hall–Kier alpha value is -0.690. The van der Waals surface area contributed by atoms with E-state index < -0.39 is 36.9 Å². The summed E-state index contributed by atoms with van der Waals surface area (Å²) in [7, 11) is 0. The van der Waals surface area contributed by atoms with E-state index in [1.54, 1.807) is 0 Å². The van der Waals surface area contributed by atoms with E-state index in [0.717, 1.165) is 50.4 Å². The fourth-order valence-electron chi connectivity index (χ4n) is 7.63. The van der Waals surface area contributed by atoms with Gasteiger partial charge in [0.1, 0.15) is 12.2 Å². The zero-order valence-corrected chi connectivity index (χ0v) is 32.7. The zero-order chi connectivity index (χ0) is 35.8. The summed E-state index contributed by atoms with van der Waals surface area (Å²) >= 11 is 0. The van der Waals surface area contributed by atoms with Crippen LogP contribution >= 0.6 is 0 Å². The van der Waals surface area contributed by atoms with Crippen molar-refractivity contribution in [2.45, 2.75) is 250 Å². The third kappa shape index (κ3) is 26.7. The number of aliphatic hydroxyl groups is 4. The number of carbonyl (C=O) groups is 1. The van der Waals surface area contributed by atoms with Crippen molar-refractivity contribution < 1.29 is 25.2 Å². The molecule has 1 aliphatic carbocycles. The fraction of sp³-hybridized carbons (Fsp3) is 0.977. The Morgan fingerprint density at radius 1 is 0.531 bits per heavy atom. The van der Waals surface area contributed by atoms with Crippen LogP contribution in [-0.4, -0.2) is 57.3 Å². The number of unbranched alkanes of at least 4 members (excludes halogenated alkanes) is 25. The Bertz CT molecular complexity index is 720. The molecule has 0 unspecified atom stereocenters. The quantitative estimate of drug-likeness (QED) is 0.0413. The Morgan fingerprint density at radius 2 is 0.898 bits per heavy atom. The maximum absolute atomic E-state index is 12.5. The Morgan fingerprint density at radius 3 is 1.33 bits per heavy atom. The predicted octanol–water partition coefficient (Wildman–Crippen LogP) is 10.7. The highest BCUT2D eigenvalue weighted by Gasteiger charge is 2.35. The number of rotatable bonds is 38. The highest BCUT2D eigenvalue weighted by Crippen LogP contribution is 2.45. The second-order valence-corrected chi connectivity index (χ2v) is 16.0. The Kier molecular flexibility index (Phi) is 31.4. The molecule has 0 aromatic rings. The Labute approximate surface area is 304 Å². The van der Waals surface area contributed by atoms with Crippen LogP contribution in [0.1, 0.15) is 226 Å². The Balaban J connectivity index is 1.93. The van der Waals surface area contributed by atoms with Gasteiger partial charge in [-0.05, 0) is 31.1 Å². The van der Waals surface area contributed by atoms with E-state index in [0.29, 0.717) is 12.8 Å². The molecule has 0 heterocycles. The van der Waals surface area contributed by atoms with Gasteiger partial charge in [-0.2, -0.15) is 0 Å². The molecule has 1 saturated carbocycles. The summed E-state index contributed by atoms with van der Waals surface area (Å²) in [6.45, 7) is 4.08. The lowest BCUT2D eigenvalue weighted by Gasteiger charge is -2.27. The highest BCUT2D eigenvalue weighted by atomic mass is 16.3. The molecule has 6 atom stereocenters. The van der Waals surface area contributed by atoms with Crippen LogP contribution in [-0.2, 0) is 4.79 Å². The summed E-state index contributed by atoms with van der Waals surface area (Å²) in [5, 5.41) is 43.7. The molecule has 0 aromatic carbocycles. The molecule has 1 rings (SSSR count). The molecule has 0 radical (unpaired) electrons. The molecule has 0 aromatic heterocycles. The number of aliphatic hydroxyl groups excluding tert-OH is 4. The largest absolute Gasteiger partial charge is 0.394 e. The summed E-state index contributed by atoms with van der Waals surface area (Å²) in [6, 6.07) is -0.977. The van der Waals surface area contributed by atoms with Crippen molar-refractivity contribution in [3.63, 3.8) is 0 Å². The first-order valence-electron chi connectivity index (χ1n) is 21.9. The maximum Gasteiger partial charge on any atom is 0.249 e. The van der Waals surface area contributed by atoms with E-state index in [4.69, 9.17) is 0 Å². The average molecular weight is 696 g/mol. The van der Waals surface area contributed by atoms with Gasteiger partial charge in [0, 0.05) is 0 Å². The van der Waals surface area contributed by atoms with E-state index >= 15 is 0 Å². The lowest BCUT2D eigenvalue weighted by Crippen LogP contribution is -2.53. The molecule has 0 aliphatic heterocycles. The first-order valence-corrected chi connectivity index (χ1v) is 21.9. The summed E-state index contributed by atoms with van der Waals surface area (Å²) in [4.78, 5) is 12.5. The second kappa shape index (κ2) is 33.2. The minimum Gasteiger partial charge on any atom is -0.394 e.